The van der Waals surface area contributed by atoms with Crippen molar-refractivity contribution in [3.8, 4) is 0 Å². The third-order valence-corrected chi connectivity index (χ3v) is 3.50. The summed E-state index contributed by atoms with van der Waals surface area (Å²) in [7, 11) is 1.69. The molecule has 0 bridgehead atoms. The van der Waals surface area contributed by atoms with E-state index in [2.05, 4.69) is 11.4 Å². The van der Waals surface area contributed by atoms with Crippen LogP contribution in [0.3, 0.4) is 0 Å². The van der Waals surface area contributed by atoms with Gasteiger partial charge in [0.05, 0.1) is 12.2 Å². The van der Waals surface area contributed by atoms with E-state index in [1.807, 2.05) is 5.38 Å². The molecule has 0 saturated heterocycles. The second-order valence-corrected chi connectivity index (χ2v) is 4.72. The first-order valence-corrected chi connectivity index (χ1v) is 5.97. The Balaban J connectivity index is 1.90. The second kappa shape index (κ2) is 4.43. The first-order chi connectivity index (χ1) is 6.81. The third kappa shape index (κ3) is 2.35. The summed E-state index contributed by atoms with van der Waals surface area (Å²) in [5.74, 6) is 0.591. The quantitative estimate of drug-likeness (QED) is 0.809. The van der Waals surface area contributed by atoms with Crippen LogP contribution in [0.1, 0.15) is 18.4 Å². The zero-order chi connectivity index (χ0) is 9.97. The fraction of sp³-hybridized carbons (Fsp3) is 0.636. The zero-order valence-electron chi connectivity index (χ0n) is 8.35. The maximum atomic E-state index is 9.97. The highest BCUT2D eigenvalue weighted by Gasteiger charge is 2.35. The van der Waals surface area contributed by atoms with Gasteiger partial charge in [-0.3, -0.25) is 0 Å². The van der Waals surface area contributed by atoms with Crippen molar-refractivity contribution < 1.29 is 9.84 Å². The average molecular weight is 212 g/mol. The summed E-state index contributed by atoms with van der Waals surface area (Å²) < 4.78 is 5.34. The van der Waals surface area contributed by atoms with E-state index in [1.165, 1.54) is 18.4 Å². The van der Waals surface area contributed by atoms with Crippen LogP contribution < -0.4 is 0 Å². The summed E-state index contributed by atoms with van der Waals surface area (Å²) in [5.41, 5.74) is 1.21. The molecular formula is C11H16O2S. The first kappa shape index (κ1) is 10.1. The van der Waals surface area contributed by atoms with Crippen LogP contribution >= 0.6 is 11.3 Å². The molecule has 2 unspecified atom stereocenters. The zero-order valence-corrected chi connectivity index (χ0v) is 9.17. The van der Waals surface area contributed by atoms with Crippen LogP contribution in [0, 0.1) is 5.92 Å². The lowest BCUT2D eigenvalue weighted by Gasteiger charge is -2.20. The molecule has 2 rings (SSSR count). The van der Waals surface area contributed by atoms with E-state index in [1.54, 1.807) is 18.4 Å². The molecule has 1 aliphatic rings. The molecule has 1 aromatic heterocycles. The van der Waals surface area contributed by atoms with Gasteiger partial charge in [0.2, 0.25) is 0 Å². The van der Waals surface area contributed by atoms with E-state index < -0.39 is 0 Å². The molecule has 1 aliphatic carbocycles. The maximum Gasteiger partial charge on any atom is 0.0861 e. The normalized spacial score (nSPS) is 20.7. The highest BCUT2D eigenvalue weighted by Crippen LogP contribution is 2.36. The summed E-state index contributed by atoms with van der Waals surface area (Å²) in [5, 5.41) is 14.1. The van der Waals surface area contributed by atoms with Crippen molar-refractivity contribution >= 4 is 11.3 Å². The molecular weight excluding hydrogens is 196 g/mol. The molecule has 2 atom stereocenters. The van der Waals surface area contributed by atoms with Crippen LogP contribution in [0.15, 0.2) is 16.8 Å². The molecule has 0 aliphatic heterocycles. The predicted octanol–water partition coefficient (Wildman–Crippen LogP) is 2.08. The van der Waals surface area contributed by atoms with Crippen molar-refractivity contribution in [3.63, 3.8) is 0 Å². The fourth-order valence-corrected chi connectivity index (χ4v) is 2.54. The number of methoxy groups -OCH3 is 1. The van der Waals surface area contributed by atoms with Gasteiger partial charge in [0.15, 0.2) is 0 Å². The Bertz CT molecular complexity index is 267. The van der Waals surface area contributed by atoms with E-state index >= 15 is 0 Å². The van der Waals surface area contributed by atoms with Crippen LogP contribution in [0.4, 0.5) is 0 Å². The molecule has 78 valence electrons. The molecule has 1 fully saturated rings. The maximum absolute atomic E-state index is 9.97. The molecule has 2 nitrogen and oxygen atoms in total. The highest BCUT2D eigenvalue weighted by atomic mass is 32.1. The van der Waals surface area contributed by atoms with Crippen LogP contribution in [-0.4, -0.2) is 24.4 Å². The van der Waals surface area contributed by atoms with Crippen LogP contribution in [0.5, 0.6) is 0 Å². The molecule has 0 spiro atoms. The molecule has 14 heavy (non-hydrogen) atoms. The number of aliphatic hydroxyl groups excluding tert-OH is 1. The smallest absolute Gasteiger partial charge is 0.0861 e. The topological polar surface area (TPSA) is 29.5 Å². The molecule has 1 heterocycles. The van der Waals surface area contributed by atoms with Crippen LogP contribution in [0.2, 0.25) is 0 Å². The highest BCUT2D eigenvalue weighted by molar-refractivity contribution is 7.07. The van der Waals surface area contributed by atoms with E-state index in [0.717, 1.165) is 6.42 Å². The molecule has 1 N–H and O–H groups in total. The minimum Gasteiger partial charge on any atom is -0.390 e. The molecule has 3 heteroatoms. The SMILES string of the molecule is COC(C(O)Cc1ccsc1)C1CC1. The Morgan fingerprint density at radius 2 is 2.43 bits per heavy atom. The van der Waals surface area contributed by atoms with Gasteiger partial charge in [0.1, 0.15) is 0 Å². The minimum absolute atomic E-state index is 0.0369. The van der Waals surface area contributed by atoms with Crippen molar-refractivity contribution in [2.24, 2.45) is 5.92 Å². The predicted molar refractivity (Wildman–Crippen MR) is 57.6 cm³/mol. The Morgan fingerprint density at radius 3 is 2.93 bits per heavy atom. The summed E-state index contributed by atoms with van der Waals surface area (Å²) in [6.07, 6.45) is 2.83. The van der Waals surface area contributed by atoms with Gasteiger partial charge in [-0.05, 0) is 41.1 Å². The molecule has 1 aromatic rings. The van der Waals surface area contributed by atoms with E-state index in [0.29, 0.717) is 5.92 Å². The van der Waals surface area contributed by atoms with Gasteiger partial charge in [-0.15, -0.1) is 0 Å². The van der Waals surface area contributed by atoms with E-state index in [4.69, 9.17) is 4.74 Å². The Kier molecular flexibility index (Phi) is 3.21. The number of aliphatic hydroxyl groups is 1. The Labute approximate surface area is 88.5 Å². The standard InChI is InChI=1S/C11H16O2S/c1-13-11(9-2-3-9)10(12)6-8-4-5-14-7-8/h4-5,7,9-12H,2-3,6H2,1H3. The summed E-state index contributed by atoms with van der Waals surface area (Å²) in [4.78, 5) is 0. The van der Waals surface area contributed by atoms with Gasteiger partial charge < -0.3 is 9.84 Å². The number of ether oxygens (including phenoxy) is 1. The lowest BCUT2D eigenvalue weighted by atomic mass is 10.0. The number of rotatable bonds is 5. The van der Waals surface area contributed by atoms with Gasteiger partial charge in [-0.2, -0.15) is 11.3 Å². The average Bonchev–Trinajstić information content (AvgIpc) is 2.86. The Morgan fingerprint density at radius 1 is 1.64 bits per heavy atom. The number of thiophene rings is 1. The van der Waals surface area contributed by atoms with E-state index in [-0.39, 0.29) is 12.2 Å². The fourth-order valence-electron chi connectivity index (χ4n) is 1.85. The molecule has 1 saturated carbocycles. The third-order valence-electron chi connectivity index (χ3n) is 2.76. The minimum atomic E-state index is -0.345. The molecule has 0 radical (unpaired) electrons. The van der Waals surface area contributed by atoms with Gasteiger partial charge in [-0.1, -0.05) is 0 Å². The summed E-state index contributed by atoms with van der Waals surface area (Å²) in [6, 6.07) is 2.06. The number of hydrogen-bond donors (Lipinski definition) is 1. The van der Waals surface area contributed by atoms with Gasteiger partial charge >= 0.3 is 0 Å². The van der Waals surface area contributed by atoms with E-state index in [9.17, 15) is 5.11 Å². The van der Waals surface area contributed by atoms with Gasteiger partial charge in [0.25, 0.3) is 0 Å². The van der Waals surface area contributed by atoms with Crippen molar-refractivity contribution in [1.82, 2.24) is 0 Å². The molecule has 0 aromatic carbocycles. The lowest BCUT2D eigenvalue weighted by Crippen LogP contribution is -2.31. The van der Waals surface area contributed by atoms with Crippen LogP contribution in [0.25, 0.3) is 0 Å². The Hall–Kier alpha value is -0.380. The first-order valence-electron chi connectivity index (χ1n) is 5.03. The monoisotopic (exact) mass is 212 g/mol. The van der Waals surface area contributed by atoms with Crippen molar-refractivity contribution in [2.75, 3.05) is 7.11 Å². The van der Waals surface area contributed by atoms with Crippen LogP contribution in [-0.2, 0) is 11.2 Å². The molecule has 0 amide bonds. The lowest BCUT2D eigenvalue weighted by molar-refractivity contribution is -0.0237. The summed E-state index contributed by atoms with van der Waals surface area (Å²) in [6.45, 7) is 0. The van der Waals surface area contributed by atoms with Crippen molar-refractivity contribution in [3.05, 3.63) is 22.4 Å². The van der Waals surface area contributed by atoms with Crippen molar-refractivity contribution in [1.29, 1.82) is 0 Å². The largest absolute Gasteiger partial charge is 0.390 e. The number of hydrogen-bond acceptors (Lipinski definition) is 3. The summed E-state index contributed by atoms with van der Waals surface area (Å²) >= 11 is 1.67. The van der Waals surface area contributed by atoms with Crippen molar-refractivity contribution in [2.45, 2.75) is 31.5 Å². The second-order valence-electron chi connectivity index (χ2n) is 3.94. The van der Waals surface area contributed by atoms with Gasteiger partial charge in [-0.25, -0.2) is 0 Å². The van der Waals surface area contributed by atoms with Gasteiger partial charge in [0, 0.05) is 13.5 Å².